The Morgan fingerprint density at radius 3 is 2.87 bits per heavy atom. The van der Waals surface area contributed by atoms with E-state index in [0.717, 1.165) is 28.5 Å². The van der Waals surface area contributed by atoms with E-state index in [1.165, 1.54) is 11.3 Å². The van der Waals surface area contributed by atoms with Gasteiger partial charge in [0.2, 0.25) is 0 Å². The molecule has 1 saturated heterocycles. The zero-order chi connectivity index (χ0) is 20.8. The van der Waals surface area contributed by atoms with Gasteiger partial charge in [0.15, 0.2) is 0 Å². The third-order valence-corrected chi connectivity index (χ3v) is 7.09. The Kier molecular flexibility index (Phi) is 4.72. The third kappa shape index (κ3) is 3.24. The van der Waals surface area contributed by atoms with Gasteiger partial charge in [-0.1, -0.05) is 29.8 Å². The van der Waals surface area contributed by atoms with Crippen LogP contribution in [0.25, 0.3) is 15.7 Å². The van der Waals surface area contributed by atoms with Crippen molar-refractivity contribution in [1.29, 1.82) is 0 Å². The maximum Gasteiger partial charge on any atom is 0.274 e. The first kappa shape index (κ1) is 19.1. The van der Waals surface area contributed by atoms with E-state index in [0.29, 0.717) is 34.2 Å². The number of primary amides is 1. The number of fused-ring (bicyclic) bond motifs is 2. The second-order valence-corrected chi connectivity index (χ2v) is 9.00. The van der Waals surface area contributed by atoms with Crippen molar-refractivity contribution in [3.05, 3.63) is 69.9 Å². The summed E-state index contributed by atoms with van der Waals surface area (Å²) in [5.41, 5.74) is 7.68. The number of nitrogens with zero attached hydrogens (tertiary/aromatic N) is 3. The Labute approximate surface area is 181 Å². The number of benzene rings is 1. The number of amides is 2. The number of rotatable bonds is 4. The van der Waals surface area contributed by atoms with Gasteiger partial charge in [0.25, 0.3) is 11.8 Å². The number of likely N-dealkylation sites (tertiary alicyclic amines) is 1. The lowest BCUT2D eigenvalue weighted by Gasteiger charge is -2.24. The van der Waals surface area contributed by atoms with Crippen LogP contribution in [0.2, 0.25) is 5.02 Å². The molecule has 1 aromatic carbocycles. The van der Waals surface area contributed by atoms with Crippen molar-refractivity contribution < 1.29 is 9.59 Å². The average molecular weight is 439 g/mol. The highest BCUT2D eigenvalue weighted by Gasteiger charge is 2.32. The molecule has 0 saturated carbocycles. The normalized spacial score (nSPS) is 16.6. The number of imidazole rings is 1. The second kappa shape index (κ2) is 7.41. The van der Waals surface area contributed by atoms with Crippen LogP contribution in [-0.2, 0) is 6.42 Å². The number of carbonyl (C=O) groups is 2. The topological polar surface area (TPSA) is 80.7 Å². The molecular formula is C22H19ClN4O2S. The Balaban J connectivity index is 1.47. The monoisotopic (exact) mass is 438 g/mol. The molecule has 2 amide bonds. The van der Waals surface area contributed by atoms with E-state index in [9.17, 15) is 9.59 Å². The van der Waals surface area contributed by atoms with Crippen molar-refractivity contribution in [3.8, 4) is 0 Å². The Bertz CT molecular complexity index is 1300. The lowest BCUT2D eigenvalue weighted by Crippen LogP contribution is -2.37. The van der Waals surface area contributed by atoms with E-state index in [4.69, 9.17) is 17.3 Å². The first-order chi connectivity index (χ1) is 14.5. The van der Waals surface area contributed by atoms with Gasteiger partial charge in [-0.15, -0.1) is 11.3 Å². The zero-order valence-electron chi connectivity index (χ0n) is 16.0. The number of thiophene rings is 1. The van der Waals surface area contributed by atoms with E-state index in [1.807, 2.05) is 29.2 Å². The predicted molar refractivity (Wildman–Crippen MR) is 118 cm³/mol. The summed E-state index contributed by atoms with van der Waals surface area (Å²) in [5.74, 6) is -0.517. The summed E-state index contributed by atoms with van der Waals surface area (Å²) < 4.78 is 2.80. The maximum absolute atomic E-state index is 13.3. The molecule has 152 valence electrons. The van der Waals surface area contributed by atoms with E-state index in [2.05, 4.69) is 4.98 Å². The summed E-state index contributed by atoms with van der Waals surface area (Å²) >= 11 is 7.46. The summed E-state index contributed by atoms with van der Waals surface area (Å²) in [6.07, 6.45) is 5.86. The first-order valence-corrected chi connectivity index (χ1v) is 11.0. The Morgan fingerprint density at radius 2 is 2.03 bits per heavy atom. The fourth-order valence-electron chi connectivity index (χ4n) is 4.27. The van der Waals surface area contributed by atoms with Crippen molar-refractivity contribution in [3.63, 3.8) is 0 Å². The van der Waals surface area contributed by atoms with E-state index in [-0.39, 0.29) is 11.9 Å². The van der Waals surface area contributed by atoms with Crippen molar-refractivity contribution in [1.82, 2.24) is 14.3 Å². The number of halogens is 1. The van der Waals surface area contributed by atoms with Crippen LogP contribution in [0.15, 0.2) is 48.8 Å². The number of carbonyl (C=O) groups excluding carboxylic acids is 2. The molecule has 0 aliphatic carbocycles. The minimum atomic E-state index is -0.417. The Morgan fingerprint density at radius 1 is 1.20 bits per heavy atom. The van der Waals surface area contributed by atoms with Crippen molar-refractivity contribution in [2.24, 2.45) is 5.73 Å². The molecule has 1 aliphatic heterocycles. The predicted octanol–water partition coefficient (Wildman–Crippen LogP) is 4.15. The molecule has 30 heavy (non-hydrogen) atoms. The van der Waals surface area contributed by atoms with Crippen LogP contribution in [0.3, 0.4) is 0 Å². The van der Waals surface area contributed by atoms with E-state index in [1.54, 1.807) is 28.9 Å². The van der Waals surface area contributed by atoms with Gasteiger partial charge in [-0.05, 0) is 48.4 Å². The van der Waals surface area contributed by atoms with Crippen LogP contribution < -0.4 is 5.73 Å². The average Bonchev–Trinajstić information content (AvgIpc) is 3.44. The lowest BCUT2D eigenvalue weighted by molar-refractivity contribution is 0.0731. The fourth-order valence-corrected chi connectivity index (χ4v) is 5.52. The van der Waals surface area contributed by atoms with Gasteiger partial charge in [-0.25, -0.2) is 4.98 Å². The van der Waals surface area contributed by atoms with Crippen LogP contribution >= 0.6 is 22.9 Å². The molecule has 0 spiro atoms. The van der Waals surface area contributed by atoms with Gasteiger partial charge in [-0.2, -0.15) is 0 Å². The summed E-state index contributed by atoms with van der Waals surface area (Å²) in [7, 11) is 0. The zero-order valence-corrected chi connectivity index (χ0v) is 17.6. The van der Waals surface area contributed by atoms with Crippen molar-refractivity contribution in [2.75, 3.05) is 6.54 Å². The number of nitrogens with two attached hydrogens (primary N) is 1. The Hall–Kier alpha value is -2.90. The molecule has 5 rings (SSSR count). The largest absolute Gasteiger partial charge is 0.365 e. The smallest absolute Gasteiger partial charge is 0.274 e. The molecule has 4 heterocycles. The minimum Gasteiger partial charge on any atom is -0.365 e. The van der Waals surface area contributed by atoms with Crippen LogP contribution in [0.4, 0.5) is 0 Å². The fraction of sp³-hybridized carbons (Fsp3) is 0.227. The highest BCUT2D eigenvalue weighted by molar-refractivity contribution is 7.21. The van der Waals surface area contributed by atoms with Gasteiger partial charge in [0.05, 0.1) is 9.90 Å². The van der Waals surface area contributed by atoms with Gasteiger partial charge >= 0.3 is 0 Å². The van der Waals surface area contributed by atoms with Crippen LogP contribution in [0, 0.1) is 0 Å². The molecule has 3 aromatic heterocycles. The number of hydrogen-bond donors (Lipinski definition) is 1. The molecule has 1 atom stereocenters. The lowest BCUT2D eigenvalue weighted by atomic mass is 10.0. The molecule has 4 aromatic rings. The minimum absolute atomic E-state index is 0.00186. The van der Waals surface area contributed by atoms with Crippen LogP contribution in [0.5, 0.6) is 0 Å². The highest BCUT2D eigenvalue weighted by atomic mass is 35.5. The summed E-state index contributed by atoms with van der Waals surface area (Å²) in [6.45, 7) is 0.673. The van der Waals surface area contributed by atoms with E-state index >= 15 is 0 Å². The first-order valence-electron chi connectivity index (χ1n) is 9.76. The standard InChI is InChI=1S/C22H19ClN4O2S/c23-13-7-8-19-25-17(12-26(19)11-13)22(29)27-9-3-4-14(27)10-16-15-5-1-2-6-18(15)30-20(16)21(24)28/h1-2,5-8,11-12,14H,3-4,9-10H2,(H2,24,28)/t14-/m0/s1. The molecule has 2 N–H and O–H groups in total. The summed E-state index contributed by atoms with van der Waals surface area (Å²) in [6, 6.07) is 11.5. The number of hydrogen-bond acceptors (Lipinski definition) is 4. The number of pyridine rings is 1. The summed E-state index contributed by atoms with van der Waals surface area (Å²) in [4.78, 5) is 32.2. The van der Waals surface area contributed by atoms with Gasteiger partial charge in [-0.3, -0.25) is 9.59 Å². The molecule has 0 unspecified atom stereocenters. The van der Waals surface area contributed by atoms with Crippen LogP contribution in [0.1, 0.15) is 38.6 Å². The van der Waals surface area contributed by atoms with Gasteiger partial charge < -0.3 is 15.0 Å². The molecule has 0 radical (unpaired) electrons. The molecule has 1 fully saturated rings. The van der Waals surface area contributed by atoms with Crippen molar-refractivity contribution >= 4 is 50.5 Å². The number of aromatic nitrogens is 2. The second-order valence-electron chi connectivity index (χ2n) is 7.51. The van der Waals surface area contributed by atoms with Crippen LogP contribution in [-0.4, -0.2) is 38.7 Å². The maximum atomic E-state index is 13.3. The molecular weight excluding hydrogens is 420 g/mol. The van der Waals surface area contributed by atoms with Gasteiger partial charge in [0.1, 0.15) is 11.3 Å². The third-order valence-electron chi connectivity index (χ3n) is 5.63. The molecule has 6 nitrogen and oxygen atoms in total. The highest BCUT2D eigenvalue weighted by Crippen LogP contribution is 2.34. The SMILES string of the molecule is NC(=O)c1sc2ccccc2c1C[C@@H]1CCCN1C(=O)c1cn2cc(Cl)ccc2n1. The molecule has 8 heteroatoms. The molecule has 0 bridgehead atoms. The van der Waals surface area contributed by atoms with Gasteiger partial charge in [0, 0.05) is 29.7 Å². The summed E-state index contributed by atoms with van der Waals surface area (Å²) in [5, 5.41) is 1.62. The van der Waals surface area contributed by atoms with Crippen molar-refractivity contribution in [2.45, 2.75) is 25.3 Å². The quantitative estimate of drug-likeness (QED) is 0.519. The molecule has 1 aliphatic rings. The van der Waals surface area contributed by atoms with E-state index < -0.39 is 5.91 Å².